The number of fused-ring (bicyclic) bond motifs is 2. The van der Waals surface area contributed by atoms with Gasteiger partial charge in [0, 0.05) is 23.9 Å². The molecule has 3 aromatic rings. The Bertz CT molecular complexity index is 2300. The summed E-state index contributed by atoms with van der Waals surface area (Å²) >= 11 is 1.37. The third kappa shape index (κ3) is 14.0. The van der Waals surface area contributed by atoms with E-state index in [1.807, 2.05) is 33.5 Å². The molecule has 0 spiro atoms. The predicted octanol–water partition coefficient (Wildman–Crippen LogP) is -2.43. The minimum Gasteiger partial charge on any atom is -0.486 e. The molecule has 1 saturated heterocycles. The number of rotatable bonds is 22. The number of morpholine rings is 1. The highest BCUT2D eigenvalue weighted by Crippen LogP contribution is 2.41. The van der Waals surface area contributed by atoms with E-state index in [-0.39, 0.29) is 25.3 Å². The Morgan fingerprint density at radius 1 is 0.875 bits per heavy atom. The van der Waals surface area contributed by atoms with Crippen LogP contribution in [0.15, 0.2) is 39.1 Å². The molecule has 0 radical (unpaired) electrons. The van der Waals surface area contributed by atoms with Gasteiger partial charge in [0.05, 0.1) is 32.1 Å². The molecule has 0 bridgehead atoms. The molecule has 2 aliphatic rings. The summed E-state index contributed by atoms with van der Waals surface area (Å²) in [7, 11) is 0. The number of nitrogens with zero attached hydrogens (tertiary/aromatic N) is 2. The minimum atomic E-state index is -1.77. The number of aliphatic carboxylic acids is 2. The molecule has 24 nitrogen and oxygen atoms in total. The fraction of sp³-hybridized carbons (Fsp3) is 0.462. The van der Waals surface area contributed by atoms with Gasteiger partial charge in [0.25, 0.3) is 0 Å². The monoisotopic (exact) mass is 917 g/mol. The normalized spacial score (nSPS) is 14.5. The van der Waals surface area contributed by atoms with E-state index < -0.39 is 98.9 Å². The molecule has 0 saturated carbocycles. The summed E-state index contributed by atoms with van der Waals surface area (Å²) in [5.74, 6) is -6.33. The lowest BCUT2D eigenvalue weighted by molar-refractivity contribution is -0.151. The maximum atomic E-state index is 13.1. The molecule has 1 aromatic carbocycles. The summed E-state index contributed by atoms with van der Waals surface area (Å²) in [6.07, 6.45) is -1.61. The molecule has 0 aliphatic carbocycles. The molecule has 3 atom stereocenters. The van der Waals surface area contributed by atoms with Gasteiger partial charge in [-0.25, -0.2) is 4.79 Å². The maximum absolute atomic E-state index is 13.1. The molecule has 11 N–H and O–H groups in total. The number of guanidine groups is 1. The van der Waals surface area contributed by atoms with Crippen molar-refractivity contribution in [3.05, 3.63) is 35.2 Å². The SMILES string of the molecule is NC(N)=NCCC[C@H](NC(=O)CCC(=O)OCOc1cc(=[N+]2CCOCC2)oc2c(-c3ccc4c(c3)OCCO4)csc12)C(=O)NCC(=O)N[C@@H](CC(=O)O)C(=O)N[C@@H](CO)C(=O)O. The predicted molar refractivity (Wildman–Crippen MR) is 223 cm³/mol. The molecular weight excluding hydrogens is 869 g/mol. The molecule has 4 amide bonds. The Labute approximate surface area is 367 Å². The van der Waals surface area contributed by atoms with Crippen molar-refractivity contribution in [3.63, 3.8) is 0 Å². The number of nitrogens with two attached hydrogens (primary N) is 2. The molecular formula is C39H49N8O16S+. The molecule has 0 unspecified atom stereocenters. The van der Waals surface area contributed by atoms with Crippen molar-refractivity contribution in [2.24, 2.45) is 16.5 Å². The van der Waals surface area contributed by atoms with Crippen molar-refractivity contribution in [2.45, 2.75) is 50.2 Å². The highest BCUT2D eigenvalue weighted by atomic mass is 32.1. The highest BCUT2D eigenvalue weighted by molar-refractivity contribution is 7.18. The molecule has 5 rings (SSSR count). The Hall–Kier alpha value is -6.99. The molecule has 25 heteroatoms. The van der Waals surface area contributed by atoms with Crippen LogP contribution in [0.2, 0.25) is 0 Å². The Morgan fingerprint density at radius 3 is 2.31 bits per heavy atom. The largest absolute Gasteiger partial charge is 0.486 e. The van der Waals surface area contributed by atoms with Gasteiger partial charge in [0.2, 0.25) is 30.4 Å². The minimum absolute atomic E-state index is 0.0284. The van der Waals surface area contributed by atoms with Gasteiger partial charge in [0.1, 0.15) is 49.3 Å². The highest BCUT2D eigenvalue weighted by Gasteiger charge is 2.29. The quantitative estimate of drug-likeness (QED) is 0.0126. The van der Waals surface area contributed by atoms with Crippen LogP contribution in [-0.4, -0.2) is 147 Å². The van der Waals surface area contributed by atoms with E-state index in [9.17, 15) is 43.8 Å². The number of aliphatic imine (C=N–C) groups is 1. The van der Waals surface area contributed by atoms with Gasteiger partial charge in [-0.1, -0.05) is 6.07 Å². The lowest BCUT2D eigenvalue weighted by Gasteiger charge is -2.20. The van der Waals surface area contributed by atoms with Crippen LogP contribution in [0.1, 0.15) is 32.1 Å². The van der Waals surface area contributed by atoms with E-state index in [1.165, 1.54) is 11.3 Å². The summed E-state index contributed by atoms with van der Waals surface area (Å²) in [5.41, 5.74) is 13.4. The molecule has 1 fully saturated rings. The van der Waals surface area contributed by atoms with E-state index in [1.54, 1.807) is 6.07 Å². The van der Waals surface area contributed by atoms with E-state index in [2.05, 4.69) is 20.9 Å². The summed E-state index contributed by atoms with van der Waals surface area (Å²) in [5, 5.41) is 38.1. The van der Waals surface area contributed by atoms with Gasteiger partial charge >= 0.3 is 23.5 Å². The fourth-order valence-electron chi connectivity index (χ4n) is 6.25. The Kier molecular flexibility index (Phi) is 17.6. The van der Waals surface area contributed by atoms with Gasteiger partial charge < -0.3 is 76.2 Å². The van der Waals surface area contributed by atoms with Gasteiger partial charge in [-0.15, -0.1) is 11.3 Å². The first kappa shape index (κ1) is 48.0. The summed E-state index contributed by atoms with van der Waals surface area (Å²) in [6.45, 7) is 0.791. The maximum Gasteiger partial charge on any atom is 0.371 e. The second kappa shape index (κ2) is 23.5. The van der Waals surface area contributed by atoms with Crippen LogP contribution < -0.4 is 57.1 Å². The van der Waals surface area contributed by atoms with E-state index in [4.69, 9.17) is 44.7 Å². The fourth-order valence-corrected chi connectivity index (χ4v) is 7.22. The first-order valence-electron chi connectivity index (χ1n) is 19.9. The first-order chi connectivity index (χ1) is 30.7. The zero-order valence-corrected chi connectivity index (χ0v) is 35.1. The summed E-state index contributed by atoms with van der Waals surface area (Å²) < 4.78 is 37.3. The zero-order chi connectivity index (χ0) is 46.2. The van der Waals surface area contributed by atoms with Crippen LogP contribution in [-0.2, 0) is 43.0 Å². The number of carbonyl (C=O) groups excluding carboxylic acids is 5. The van der Waals surface area contributed by atoms with Crippen LogP contribution >= 0.6 is 11.3 Å². The van der Waals surface area contributed by atoms with Crippen molar-refractivity contribution < 1.29 is 77.0 Å². The number of aliphatic hydroxyl groups excluding tert-OH is 1. The van der Waals surface area contributed by atoms with E-state index in [0.29, 0.717) is 72.6 Å². The topological polar surface area (TPSA) is 355 Å². The average Bonchev–Trinajstić information content (AvgIpc) is 3.71. The number of hydrogen-bond donors (Lipinski definition) is 9. The second-order valence-corrected chi connectivity index (χ2v) is 15.0. The number of carbonyl (C=O) groups is 7. The number of hydrogen-bond acceptors (Lipinski definition) is 16. The third-order valence-electron chi connectivity index (χ3n) is 9.44. The summed E-state index contributed by atoms with van der Waals surface area (Å²) in [4.78, 5) is 90.4. The van der Waals surface area contributed by atoms with Gasteiger partial charge in [-0.2, -0.15) is 4.58 Å². The number of esters is 1. The molecule has 346 valence electrons. The van der Waals surface area contributed by atoms with Crippen molar-refractivity contribution in [3.8, 4) is 28.4 Å². The van der Waals surface area contributed by atoms with Crippen LogP contribution in [0, 0.1) is 0 Å². The summed E-state index contributed by atoms with van der Waals surface area (Å²) in [6, 6.07) is 2.51. The number of carboxylic acid groups (broad SMARTS) is 2. The number of benzene rings is 1. The van der Waals surface area contributed by atoms with Gasteiger partial charge in [-0.05, 0) is 30.5 Å². The van der Waals surface area contributed by atoms with Gasteiger partial charge in [-0.3, -0.25) is 33.8 Å². The smallest absolute Gasteiger partial charge is 0.371 e. The number of aliphatic hydroxyl groups is 1. The van der Waals surface area contributed by atoms with Crippen LogP contribution in [0.5, 0.6) is 17.2 Å². The van der Waals surface area contributed by atoms with Crippen LogP contribution in [0.25, 0.3) is 21.4 Å². The number of amides is 4. The molecule has 64 heavy (non-hydrogen) atoms. The Morgan fingerprint density at radius 2 is 1.61 bits per heavy atom. The molecule has 4 heterocycles. The molecule has 2 aromatic heterocycles. The molecule has 2 aliphatic heterocycles. The van der Waals surface area contributed by atoms with Crippen molar-refractivity contribution >= 4 is 69.1 Å². The number of nitrogens with one attached hydrogen (secondary N) is 4. The van der Waals surface area contributed by atoms with Crippen molar-refractivity contribution in [1.82, 2.24) is 25.8 Å². The van der Waals surface area contributed by atoms with E-state index in [0.717, 1.165) is 11.1 Å². The number of carboxylic acids is 2. The van der Waals surface area contributed by atoms with Crippen molar-refractivity contribution in [2.75, 3.05) is 66.0 Å². The second-order valence-electron chi connectivity index (χ2n) is 14.1. The Balaban J connectivity index is 1.17. The zero-order valence-electron chi connectivity index (χ0n) is 34.3. The van der Waals surface area contributed by atoms with E-state index >= 15 is 0 Å². The van der Waals surface area contributed by atoms with Gasteiger partial charge in [0.15, 0.2) is 41.9 Å². The average molecular weight is 918 g/mol. The van der Waals surface area contributed by atoms with Crippen LogP contribution in [0.4, 0.5) is 0 Å². The van der Waals surface area contributed by atoms with Crippen molar-refractivity contribution in [1.29, 1.82) is 0 Å². The lowest BCUT2D eigenvalue weighted by Crippen LogP contribution is -2.55. The van der Waals surface area contributed by atoms with Crippen LogP contribution in [0.3, 0.4) is 0 Å². The standard InChI is InChI=1S/C39H48N8O16S/c40-39(41)42-7-1-2-23(36(54)43-17-30(50)45-24(15-32(51)52)37(55)46-25(18-48)38(56)57)44-29(49)5-6-33(53)62-20-61-28-16-31(47-8-10-58-11-9-47)63-34-22(19-64-35(28)34)21-3-4-26-27(14-21)60-13-12-59-26/h3-4,14,16,19,23-25,48H,1-2,5-13,15,17-18,20H2,(H9-,40,41,42,43,44,45,46,49,50,51,52,54,55,56,57)/p+1/t23-,24-,25-/m0/s1. The lowest BCUT2D eigenvalue weighted by atomic mass is 10.1. The number of thiophene rings is 1. The number of ether oxygens (including phenoxy) is 5. The third-order valence-corrected chi connectivity index (χ3v) is 10.4. The first-order valence-corrected chi connectivity index (χ1v) is 20.8.